The van der Waals surface area contributed by atoms with Crippen LogP contribution in [-0.2, 0) is 13.5 Å². The summed E-state index contributed by atoms with van der Waals surface area (Å²) in [5, 5.41) is 22.9. The minimum absolute atomic E-state index is 0.0532. The van der Waals surface area contributed by atoms with Gasteiger partial charge in [0.25, 0.3) is 0 Å². The van der Waals surface area contributed by atoms with E-state index in [9.17, 15) is 10.2 Å². The fraction of sp³-hybridized carbons (Fsp3) is 0.750. The standard InChI is InChI=1S/C12H22N2O2/c1-3-5-12(9-15,10-16)6-4-11-7-13-14(2)8-11/h7-8,15-16H,3-6,9-10H2,1-2H3. The van der Waals surface area contributed by atoms with Gasteiger partial charge < -0.3 is 10.2 Å². The zero-order valence-corrected chi connectivity index (χ0v) is 10.2. The van der Waals surface area contributed by atoms with Crippen LogP contribution in [0.4, 0.5) is 0 Å². The molecule has 4 nitrogen and oxygen atoms in total. The van der Waals surface area contributed by atoms with Crippen LogP contribution in [0, 0.1) is 5.41 Å². The van der Waals surface area contributed by atoms with Crippen LogP contribution in [0.2, 0.25) is 0 Å². The third-order valence-corrected chi connectivity index (χ3v) is 3.15. The lowest BCUT2D eigenvalue weighted by Gasteiger charge is -2.29. The van der Waals surface area contributed by atoms with Gasteiger partial charge in [-0.25, -0.2) is 0 Å². The first-order valence-corrected chi connectivity index (χ1v) is 5.85. The first-order chi connectivity index (χ1) is 7.65. The van der Waals surface area contributed by atoms with Crippen LogP contribution >= 0.6 is 0 Å². The molecule has 4 heteroatoms. The van der Waals surface area contributed by atoms with E-state index in [4.69, 9.17) is 0 Å². The maximum absolute atomic E-state index is 9.41. The number of aryl methyl sites for hydroxylation is 2. The fourth-order valence-corrected chi connectivity index (χ4v) is 2.03. The molecule has 92 valence electrons. The van der Waals surface area contributed by atoms with E-state index in [1.165, 1.54) is 0 Å². The molecule has 1 rings (SSSR count). The van der Waals surface area contributed by atoms with E-state index in [0.29, 0.717) is 0 Å². The average Bonchev–Trinajstić information content (AvgIpc) is 2.71. The van der Waals surface area contributed by atoms with Gasteiger partial charge in [0.15, 0.2) is 0 Å². The molecule has 0 radical (unpaired) electrons. The van der Waals surface area contributed by atoms with Gasteiger partial charge in [0.2, 0.25) is 0 Å². The Balaban J connectivity index is 2.55. The van der Waals surface area contributed by atoms with Gasteiger partial charge in [0.1, 0.15) is 0 Å². The van der Waals surface area contributed by atoms with Gasteiger partial charge in [-0.3, -0.25) is 4.68 Å². The van der Waals surface area contributed by atoms with Crippen LogP contribution in [0.25, 0.3) is 0 Å². The van der Waals surface area contributed by atoms with Gasteiger partial charge in [-0.05, 0) is 24.8 Å². The van der Waals surface area contributed by atoms with Crippen LogP contribution in [0.5, 0.6) is 0 Å². The number of rotatable bonds is 7. The first-order valence-electron chi connectivity index (χ1n) is 5.85. The van der Waals surface area contributed by atoms with E-state index < -0.39 is 0 Å². The van der Waals surface area contributed by atoms with Gasteiger partial charge in [0, 0.05) is 18.7 Å². The third-order valence-electron chi connectivity index (χ3n) is 3.15. The minimum Gasteiger partial charge on any atom is -0.396 e. The van der Waals surface area contributed by atoms with Crippen molar-refractivity contribution in [3.05, 3.63) is 18.0 Å². The smallest absolute Gasteiger partial charge is 0.0521 e. The molecule has 1 aromatic heterocycles. The molecule has 16 heavy (non-hydrogen) atoms. The molecule has 0 aliphatic rings. The lowest BCUT2D eigenvalue weighted by atomic mass is 9.80. The van der Waals surface area contributed by atoms with Crippen LogP contribution in [0.1, 0.15) is 31.7 Å². The number of aliphatic hydroxyl groups excluding tert-OH is 2. The SMILES string of the molecule is CCCC(CO)(CO)CCc1cnn(C)c1. The number of aliphatic hydroxyl groups is 2. The highest BCUT2D eigenvalue weighted by atomic mass is 16.3. The summed E-state index contributed by atoms with van der Waals surface area (Å²) in [7, 11) is 1.89. The third kappa shape index (κ3) is 3.32. The van der Waals surface area contributed by atoms with Crippen molar-refractivity contribution in [2.45, 2.75) is 32.6 Å². The number of aromatic nitrogens is 2. The van der Waals surface area contributed by atoms with E-state index in [1.807, 2.05) is 19.4 Å². The highest BCUT2D eigenvalue weighted by Gasteiger charge is 2.27. The molecule has 2 N–H and O–H groups in total. The van der Waals surface area contributed by atoms with Crippen LogP contribution < -0.4 is 0 Å². The van der Waals surface area contributed by atoms with Crippen molar-refractivity contribution in [1.29, 1.82) is 0 Å². The predicted molar refractivity (Wildman–Crippen MR) is 63.0 cm³/mol. The zero-order valence-electron chi connectivity index (χ0n) is 10.2. The Hall–Kier alpha value is -0.870. The van der Waals surface area contributed by atoms with E-state index in [2.05, 4.69) is 12.0 Å². The highest BCUT2D eigenvalue weighted by Crippen LogP contribution is 2.28. The molecule has 0 amide bonds. The zero-order chi connectivity index (χ0) is 12.0. The second-order valence-electron chi connectivity index (χ2n) is 4.59. The Morgan fingerprint density at radius 3 is 2.44 bits per heavy atom. The maximum Gasteiger partial charge on any atom is 0.0521 e. The Morgan fingerprint density at radius 1 is 1.31 bits per heavy atom. The largest absolute Gasteiger partial charge is 0.396 e. The Bertz CT molecular complexity index is 306. The van der Waals surface area contributed by atoms with E-state index in [0.717, 1.165) is 31.2 Å². The summed E-state index contributed by atoms with van der Waals surface area (Å²) in [6.45, 7) is 2.18. The van der Waals surface area contributed by atoms with Crippen LogP contribution in [0.3, 0.4) is 0 Å². The topological polar surface area (TPSA) is 58.3 Å². The molecule has 1 aromatic rings. The molecule has 0 aliphatic carbocycles. The number of hydrogen-bond donors (Lipinski definition) is 2. The van der Waals surface area contributed by atoms with Crippen molar-refractivity contribution in [3.63, 3.8) is 0 Å². The summed E-state index contributed by atoms with van der Waals surface area (Å²) in [4.78, 5) is 0. The molecule has 0 aromatic carbocycles. The molecule has 1 heterocycles. The highest BCUT2D eigenvalue weighted by molar-refractivity contribution is 5.04. The van der Waals surface area contributed by atoms with Gasteiger partial charge in [-0.15, -0.1) is 0 Å². The fourth-order valence-electron chi connectivity index (χ4n) is 2.03. The summed E-state index contributed by atoms with van der Waals surface area (Å²) in [6.07, 6.45) is 7.32. The second-order valence-corrected chi connectivity index (χ2v) is 4.59. The summed E-state index contributed by atoms with van der Waals surface area (Å²) >= 11 is 0. The van der Waals surface area contributed by atoms with Crippen molar-refractivity contribution in [1.82, 2.24) is 9.78 Å². The van der Waals surface area contributed by atoms with Crippen molar-refractivity contribution < 1.29 is 10.2 Å². The lowest BCUT2D eigenvalue weighted by molar-refractivity contribution is 0.0394. The molecule has 0 atom stereocenters. The van der Waals surface area contributed by atoms with Crippen LogP contribution in [-0.4, -0.2) is 33.2 Å². The van der Waals surface area contributed by atoms with Gasteiger partial charge in [-0.2, -0.15) is 5.10 Å². The summed E-state index contributed by atoms with van der Waals surface area (Å²) in [5.74, 6) is 0. The van der Waals surface area contributed by atoms with Crippen molar-refractivity contribution in [2.24, 2.45) is 12.5 Å². The lowest BCUT2D eigenvalue weighted by Crippen LogP contribution is -2.30. The second kappa shape index (κ2) is 6.01. The summed E-state index contributed by atoms with van der Waals surface area (Å²) < 4.78 is 1.77. The quantitative estimate of drug-likeness (QED) is 0.732. The van der Waals surface area contributed by atoms with E-state index in [-0.39, 0.29) is 18.6 Å². The average molecular weight is 226 g/mol. The molecule has 0 saturated heterocycles. The number of nitrogens with zero attached hydrogens (tertiary/aromatic N) is 2. The summed E-state index contributed by atoms with van der Waals surface area (Å²) in [6, 6.07) is 0. The van der Waals surface area contributed by atoms with Gasteiger partial charge in [0.05, 0.1) is 19.4 Å². The minimum atomic E-state index is -0.329. The first kappa shape index (κ1) is 13.2. The number of hydrogen-bond acceptors (Lipinski definition) is 3. The summed E-state index contributed by atoms with van der Waals surface area (Å²) in [5.41, 5.74) is 0.829. The Kier molecular flexibility index (Phi) is 4.96. The van der Waals surface area contributed by atoms with Gasteiger partial charge >= 0.3 is 0 Å². The van der Waals surface area contributed by atoms with Crippen molar-refractivity contribution >= 4 is 0 Å². The van der Waals surface area contributed by atoms with Crippen molar-refractivity contribution in [2.75, 3.05) is 13.2 Å². The molecular formula is C12H22N2O2. The Labute approximate surface area is 96.9 Å². The molecule has 0 saturated carbocycles. The predicted octanol–water partition coefficient (Wildman–Crippen LogP) is 1.12. The molecule has 0 aliphatic heterocycles. The van der Waals surface area contributed by atoms with Gasteiger partial charge in [-0.1, -0.05) is 13.3 Å². The van der Waals surface area contributed by atoms with E-state index >= 15 is 0 Å². The monoisotopic (exact) mass is 226 g/mol. The maximum atomic E-state index is 9.41. The van der Waals surface area contributed by atoms with E-state index in [1.54, 1.807) is 4.68 Å². The van der Waals surface area contributed by atoms with Crippen molar-refractivity contribution in [3.8, 4) is 0 Å². The molecular weight excluding hydrogens is 204 g/mol. The molecule has 0 bridgehead atoms. The molecule has 0 spiro atoms. The molecule has 0 unspecified atom stereocenters. The van der Waals surface area contributed by atoms with Crippen LogP contribution in [0.15, 0.2) is 12.4 Å². The normalized spacial score (nSPS) is 12.0. The Morgan fingerprint density at radius 2 is 2.00 bits per heavy atom. The molecule has 0 fully saturated rings.